The van der Waals surface area contributed by atoms with Crippen molar-refractivity contribution >= 4 is 17.9 Å². The normalized spacial score (nSPS) is 21.4. The number of halogens is 1. The van der Waals surface area contributed by atoms with E-state index >= 15 is 0 Å². The van der Waals surface area contributed by atoms with Crippen LogP contribution in [0.2, 0.25) is 0 Å². The third-order valence-electron chi connectivity index (χ3n) is 1.91. The first kappa shape index (κ1) is 9.47. The highest BCUT2D eigenvalue weighted by Gasteiger charge is 2.23. The van der Waals surface area contributed by atoms with Gasteiger partial charge < -0.3 is 5.73 Å². The second kappa shape index (κ2) is 3.58. The monoisotopic (exact) mass is 217 g/mol. The van der Waals surface area contributed by atoms with Crippen LogP contribution in [0.25, 0.3) is 0 Å². The molecule has 5 nitrogen and oxygen atoms in total. The quantitative estimate of drug-likeness (QED) is 0.695. The zero-order valence-electron chi connectivity index (χ0n) is 7.14. The number of nitrogen functional groups attached to an aromatic ring is 1. The Morgan fingerprint density at radius 3 is 3.21 bits per heavy atom. The Morgan fingerprint density at radius 2 is 2.57 bits per heavy atom. The molecule has 1 unspecified atom stereocenters. The van der Waals surface area contributed by atoms with E-state index in [0.29, 0.717) is 6.42 Å². The van der Waals surface area contributed by atoms with Gasteiger partial charge in [0.05, 0.1) is 6.20 Å². The van der Waals surface area contributed by atoms with Gasteiger partial charge in [-0.25, -0.2) is 13.8 Å². The lowest BCUT2D eigenvalue weighted by molar-refractivity contribution is 0.176. The number of aromatic nitrogens is 2. The van der Waals surface area contributed by atoms with E-state index in [0.717, 1.165) is 16.5 Å². The first-order chi connectivity index (χ1) is 6.70. The zero-order valence-corrected chi connectivity index (χ0v) is 7.96. The van der Waals surface area contributed by atoms with Crippen molar-refractivity contribution < 1.29 is 8.57 Å². The van der Waals surface area contributed by atoms with E-state index in [-0.39, 0.29) is 5.82 Å². The Morgan fingerprint density at radius 1 is 1.79 bits per heavy atom. The molecule has 0 saturated carbocycles. The van der Waals surface area contributed by atoms with Gasteiger partial charge in [-0.2, -0.15) is 4.98 Å². The van der Waals surface area contributed by atoms with Gasteiger partial charge in [-0.15, -0.1) is 0 Å². The van der Waals surface area contributed by atoms with Crippen molar-refractivity contribution in [2.75, 3.05) is 11.5 Å². The first-order valence-corrected chi connectivity index (χ1v) is 4.92. The molecular formula is C7H8FN3O2S. The summed E-state index contributed by atoms with van der Waals surface area (Å²) in [4.78, 5) is 14.6. The maximum Gasteiger partial charge on any atom is 0.351 e. The van der Waals surface area contributed by atoms with E-state index in [2.05, 4.69) is 4.98 Å². The highest BCUT2D eigenvalue weighted by molar-refractivity contribution is 7.94. The van der Waals surface area contributed by atoms with Crippen molar-refractivity contribution in [1.29, 1.82) is 0 Å². The van der Waals surface area contributed by atoms with Crippen LogP contribution in [-0.4, -0.2) is 15.3 Å². The van der Waals surface area contributed by atoms with Crippen LogP contribution in [0.4, 0.5) is 10.2 Å². The molecule has 2 N–H and O–H groups in total. The molecule has 1 aliphatic rings. The molecule has 1 aliphatic heterocycles. The molecular weight excluding hydrogens is 209 g/mol. The summed E-state index contributed by atoms with van der Waals surface area (Å²) in [5.41, 5.74) is 4.84. The molecule has 0 aromatic carbocycles. The molecule has 0 radical (unpaired) electrons. The molecule has 2 heterocycles. The predicted octanol–water partition coefficient (Wildman–Crippen LogP) is 0.532. The van der Waals surface area contributed by atoms with Crippen LogP contribution in [0.5, 0.6) is 0 Å². The standard InChI is InChI=1S/C7H8FN3O2S/c8-4-3-10-7(12)11(6(4)9)5-1-2-14-13-5/h3,5H,1-2,9H2. The molecule has 1 aromatic rings. The fraction of sp³-hybridized carbons (Fsp3) is 0.429. The summed E-state index contributed by atoms with van der Waals surface area (Å²) in [6.45, 7) is 0. The SMILES string of the molecule is Nc1c(F)cnc(=O)n1C1CCSO1. The summed E-state index contributed by atoms with van der Waals surface area (Å²) in [6, 6.07) is 0. The van der Waals surface area contributed by atoms with Crippen molar-refractivity contribution in [2.45, 2.75) is 12.6 Å². The number of nitrogens with two attached hydrogens (primary N) is 1. The second-order valence-corrected chi connectivity index (χ2v) is 3.64. The van der Waals surface area contributed by atoms with E-state index < -0.39 is 17.7 Å². The van der Waals surface area contributed by atoms with Crippen LogP contribution in [0.3, 0.4) is 0 Å². The molecule has 0 amide bonds. The van der Waals surface area contributed by atoms with Crippen molar-refractivity contribution in [3.63, 3.8) is 0 Å². The van der Waals surface area contributed by atoms with Crippen LogP contribution < -0.4 is 11.4 Å². The maximum atomic E-state index is 13.0. The molecule has 14 heavy (non-hydrogen) atoms. The fourth-order valence-electron chi connectivity index (χ4n) is 1.23. The van der Waals surface area contributed by atoms with Gasteiger partial charge in [0.25, 0.3) is 0 Å². The van der Waals surface area contributed by atoms with Crippen molar-refractivity contribution in [3.05, 3.63) is 22.5 Å². The van der Waals surface area contributed by atoms with Crippen LogP contribution in [0.15, 0.2) is 11.0 Å². The van der Waals surface area contributed by atoms with Gasteiger partial charge >= 0.3 is 5.69 Å². The van der Waals surface area contributed by atoms with Crippen LogP contribution in [0, 0.1) is 5.82 Å². The Hall–Kier alpha value is -1.08. The number of rotatable bonds is 1. The lowest BCUT2D eigenvalue weighted by Crippen LogP contribution is -2.29. The topological polar surface area (TPSA) is 70.1 Å². The molecule has 0 bridgehead atoms. The summed E-state index contributed by atoms with van der Waals surface area (Å²) in [5.74, 6) is -0.171. The van der Waals surface area contributed by atoms with Gasteiger partial charge in [-0.1, -0.05) is 0 Å². The van der Waals surface area contributed by atoms with E-state index in [1.165, 1.54) is 12.0 Å². The third kappa shape index (κ3) is 1.48. The Kier molecular flexibility index (Phi) is 2.42. The number of hydrogen-bond donors (Lipinski definition) is 1. The van der Waals surface area contributed by atoms with Crippen molar-refractivity contribution in [3.8, 4) is 0 Å². The Bertz CT molecular complexity index is 402. The minimum absolute atomic E-state index is 0.225. The molecule has 0 aliphatic carbocycles. The molecule has 2 rings (SSSR count). The average Bonchev–Trinajstić information content (AvgIpc) is 2.65. The molecule has 0 spiro atoms. The van der Waals surface area contributed by atoms with E-state index in [1.807, 2.05) is 0 Å². The largest absolute Gasteiger partial charge is 0.382 e. The van der Waals surface area contributed by atoms with E-state index in [1.54, 1.807) is 0 Å². The summed E-state index contributed by atoms with van der Waals surface area (Å²) >= 11 is 1.23. The van der Waals surface area contributed by atoms with E-state index in [4.69, 9.17) is 9.92 Å². The van der Waals surface area contributed by atoms with Crippen LogP contribution in [-0.2, 0) is 4.18 Å². The number of nitrogens with zero attached hydrogens (tertiary/aromatic N) is 2. The van der Waals surface area contributed by atoms with Crippen molar-refractivity contribution in [2.24, 2.45) is 0 Å². The Balaban J connectivity index is 2.49. The molecule has 76 valence electrons. The van der Waals surface area contributed by atoms with E-state index in [9.17, 15) is 9.18 Å². The summed E-state index contributed by atoms with van der Waals surface area (Å²) < 4.78 is 19.2. The van der Waals surface area contributed by atoms with Gasteiger partial charge in [0.1, 0.15) is 5.82 Å². The molecule has 1 fully saturated rings. The smallest absolute Gasteiger partial charge is 0.351 e. The summed E-state index contributed by atoms with van der Waals surface area (Å²) in [6.07, 6.45) is 0.937. The molecule has 1 aromatic heterocycles. The van der Waals surface area contributed by atoms with Crippen molar-refractivity contribution in [1.82, 2.24) is 9.55 Å². The fourth-order valence-corrected chi connectivity index (χ4v) is 1.97. The highest BCUT2D eigenvalue weighted by Crippen LogP contribution is 2.30. The highest BCUT2D eigenvalue weighted by atomic mass is 32.2. The van der Waals surface area contributed by atoms with Gasteiger partial charge in [0, 0.05) is 12.2 Å². The minimum Gasteiger partial charge on any atom is -0.382 e. The molecule has 7 heteroatoms. The van der Waals surface area contributed by atoms with Gasteiger partial charge in [-0.3, -0.25) is 4.18 Å². The molecule has 1 saturated heterocycles. The number of anilines is 1. The third-order valence-corrected chi connectivity index (χ3v) is 2.67. The van der Waals surface area contributed by atoms with Gasteiger partial charge in [0.15, 0.2) is 12.0 Å². The lowest BCUT2D eigenvalue weighted by Gasteiger charge is -2.13. The predicted molar refractivity (Wildman–Crippen MR) is 50.1 cm³/mol. The number of hydrogen-bond acceptors (Lipinski definition) is 5. The van der Waals surface area contributed by atoms with Gasteiger partial charge in [0.2, 0.25) is 0 Å². The van der Waals surface area contributed by atoms with Gasteiger partial charge in [-0.05, 0) is 12.0 Å². The lowest BCUT2D eigenvalue weighted by atomic mass is 10.4. The maximum absolute atomic E-state index is 13.0. The average molecular weight is 217 g/mol. The molecule has 1 atom stereocenters. The first-order valence-electron chi connectivity index (χ1n) is 4.01. The summed E-state index contributed by atoms with van der Waals surface area (Å²) in [5, 5.41) is 0. The van der Waals surface area contributed by atoms with Crippen LogP contribution >= 0.6 is 12.0 Å². The summed E-state index contributed by atoms with van der Waals surface area (Å²) in [7, 11) is 0. The second-order valence-electron chi connectivity index (χ2n) is 2.81. The van der Waals surface area contributed by atoms with Crippen LogP contribution in [0.1, 0.15) is 12.6 Å². The zero-order chi connectivity index (χ0) is 10.1. The minimum atomic E-state index is -0.704. The Labute approximate surface area is 83.3 Å².